The summed E-state index contributed by atoms with van der Waals surface area (Å²) in [4.78, 5) is 58.5. The summed E-state index contributed by atoms with van der Waals surface area (Å²) >= 11 is 0. The molecular formula is C18H21N3O8. The number of carbonyl (C=O) groups is 4. The average Bonchev–Trinajstić information content (AvgIpc) is 3.16. The van der Waals surface area contributed by atoms with Crippen LogP contribution in [-0.2, 0) is 28.7 Å². The van der Waals surface area contributed by atoms with Crippen LogP contribution in [0.4, 0.5) is 5.69 Å². The molecule has 156 valence electrons. The predicted molar refractivity (Wildman–Crippen MR) is 97.6 cm³/mol. The van der Waals surface area contributed by atoms with Crippen LogP contribution in [0.1, 0.15) is 30.7 Å². The van der Waals surface area contributed by atoms with E-state index in [2.05, 4.69) is 15.4 Å². The molecule has 0 spiro atoms. The van der Waals surface area contributed by atoms with E-state index in [0.29, 0.717) is 5.56 Å². The number of methoxy groups -OCH3 is 2. The van der Waals surface area contributed by atoms with E-state index in [4.69, 9.17) is 4.74 Å². The minimum Gasteiger partial charge on any atom is -0.469 e. The second-order valence-electron chi connectivity index (χ2n) is 6.40. The minimum atomic E-state index is -1.27. The Balaban J connectivity index is 2.34. The fraction of sp³-hybridized carbons (Fsp3) is 0.444. The van der Waals surface area contributed by atoms with Crippen LogP contribution in [0.15, 0.2) is 24.3 Å². The zero-order valence-electron chi connectivity index (χ0n) is 15.9. The molecule has 0 bridgehead atoms. The number of hydrogen-bond acceptors (Lipinski definition) is 8. The van der Waals surface area contributed by atoms with E-state index in [9.17, 15) is 29.3 Å². The second-order valence-corrected chi connectivity index (χ2v) is 6.40. The highest BCUT2D eigenvalue weighted by Gasteiger charge is 2.37. The van der Waals surface area contributed by atoms with Gasteiger partial charge in [-0.3, -0.25) is 24.5 Å². The summed E-state index contributed by atoms with van der Waals surface area (Å²) in [7, 11) is 2.30. The van der Waals surface area contributed by atoms with E-state index in [-0.39, 0.29) is 30.9 Å². The molecule has 0 aliphatic carbocycles. The van der Waals surface area contributed by atoms with Gasteiger partial charge in [-0.05, 0) is 12.0 Å². The van der Waals surface area contributed by atoms with Crippen molar-refractivity contribution >= 4 is 29.4 Å². The van der Waals surface area contributed by atoms with Crippen molar-refractivity contribution in [1.82, 2.24) is 10.6 Å². The Labute approximate surface area is 165 Å². The number of hydrogen-bond donors (Lipinski definition) is 2. The van der Waals surface area contributed by atoms with Gasteiger partial charge in [0.05, 0.1) is 25.6 Å². The summed E-state index contributed by atoms with van der Waals surface area (Å²) < 4.78 is 9.45. The molecule has 1 heterocycles. The van der Waals surface area contributed by atoms with Crippen LogP contribution < -0.4 is 10.6 Å². The van der Waals surface area contributed by atoms with Crippen molar-refractivity contribution in [1.29, 1.82) is 0 Å². The number of nitrogens with one attached hydrogen (secondary N) is 2. The second kappa shape index (κ2) is 9.62. The molecule has 1 aromatic carbocycles. The standard InChI is InChI=1S/C18H21N3O8/c1-28-15(23)9-12(10-3-5-11(6-4-10)21(26)27)16(18(25)29-2)20-17(24)13-7-8-14(22)19-13/h3-6,12-13,16H,7-9H2,1-2H3,(H,19,22)(H,20,24)/t12-,13-,16+/m1/s1. The minimum absolute atomic E-state index is 0.169. The smallest absolute Gasteiger partial charge is 0.329 e. The quantitative estimate of drug-likeness (QED) is 0.351. The SMILES string of the molecule is COC(=O)C[C@H](c1ccc([N+](=O)[O-])cc1)[C@H](NC(=O)[C@H]1CCC(=O)N1)C(=O)OC. The maximum absolute atomic E-state index is 12.5. The van der Waals surface area contributed by atoms with Crippen molar-refractivity contribution < 1.29 is 33.6 Å². The van der Waals surface area contributed by atoms with Gasteiger partial charge in [-0.2, -0.15) is 0 Å². The molecule has 2 rings (SSSR count). The van der Waals surface area contributed by atoms with Gasteiger partial charge < -0.3 is 20.1 Å². The third-order valence-electron chi connectivity index (χ3n) is 4.61. The van der Waals surface area contributed by atoms with Crippen molar-refractivity contribution in [2.75, 3.05) is 14.2 Å². The number of benzene rings is 1. The van der Waals surface area contributed by atoms with Gasteiger partial charge in [0.2, 0.25) is 11.8 Å². The van der Waals surface area contributed by atoms with E-state index in [1.807, 2.05) is 0 Å². The number of non-ortho nitro benzene ring substituents is 1. The molecule has 1 aliphatic heterocycles. The molecule has 2 N–H and O–H groups in total. The number of nitro groups is 1. The topological polar surface area (TPSA) is 154 Å². The Hall–Kier alpha value is -3.50. The van der Waals surface area contributed by atoms with Gasteiger partial charge in [-0.15, -0.1) is 0 Å². The summed E-state index contributed by atoms with van der Waals surface area (Å²) in [5.74, 6) is -3.23. The number of amides is 2. The van der Waals surface area contributed by atoms with Gasteiger partial charge in [0.25, 0.3) is 5.69 Å². The molecule has 11 nitrogen and oxygen atoms in total. The van der Waals surface area contributed by atoms with Gasteiger partial charge in [0.15, 0.2) is 0 Å². The van der Waals surface area contributed by atoms with Gasteiger partial charge in [0, 0.05) is 24.5 Å². The largest absolute Gasteiger partial charge is 0.469 e. The number of ether oxygens (including phenoxy) is 2. The Morgan fingerprint density at radius 3 is 2.38 bits per heavy atom. The molecule has 1 fully saturated rings. The molecule has 0 radical (unpaired) electrons. The number of nitro benzene ring substituents is 1. The van der Waals surface area contributed by atoms with Crippen molar-refractivity contribution in [3.63, 3.8) is 0 Å². The first-order chi connectivity index (χ1) is 13.8. The lowest BCUT2D eigenvalue weighted by molar-refractivity contribution is -0.384. The first-order valence-corrected chi connectivity index (χ1v) is 8.75. The summed E-state index contributed by atoms with van der Waals surface area (Å²) in [5.41, 5.74) is 0.227. The molecule has 1 aromatic rings. The lowest BCUT2D eigenvalue weighted by Crippen LogP contribution is -2.51. The molecule has 0 aromatic heterocycles. The van der Waals surface area contributed by atoms with E-state index >= 15 is 0 Å². The van der Waals surface area contributed by atoms with Crippen LogP contribution in [-0.4, -0.2) is 55.0 Å². The van der Waals surface area contributed by atoms with Crippen molar-refractivity contribution in [3.8, 4) is 0 Å². The Bertz CT molecular complexity index is 808. The molecule has 29 heavy (non-hydrogen) atoms. The summed E-state index contributed by atoms with van der Waals surface area (Å²) in [6.45, 7) is 0. The van der Waals surface area contributed by atoms with E-state index in [0.717, 1.165) is 7.11 Å². The normalized spacial score (nSPS) is 17.6. The lowest BCUT2D eigenvalue weighted by Gasteiger charge is -2.27. The summed E-state index contributed by atoms with van der Waals surface area (Å²) in [6.07, 6.45) is 0.179. The van der Waals surface area contributed by atoms with Crippen molar-refractivity contribution in [2.24, 2.45) is 0 Å². The third kappa shape index (κ3) is 5.50. The maximum Gasteiger partial charge on any atom is 0.329 e. The number of carbonyl (C=O) groups excluding carboxylic acids is 4. The van der Waals surface area contributed by atoms with Crippen molar-refractivity contribution in [2.45, 2.75) is 37.3 Å². The van der Waals surface area contributed by atoms with Crippen LogP contribution in [0, 0.1) is 10.1 Å². The number of rotatable bonds is 8. The van der Waals surface area contributed by atoms with Gasteiger partial charge >= 0.3 is 11.9 Å². The fourth-order valence-electron chi connectivity index (χ4n) is 3.05. The van der Waals surface area contributed by atoms with E-state index < -0.39 is 40.8 Å². The molecule has 3 atom stereocenters. The lowest BCUT2D eigenvalue weighted by atomic mass is 9.88. The van der Waals surface area contributed by atoms with Gasteiger partial charge in [0.1, 0.15) is 12.1 Å². The summed E-state index contributed by atoms with van der Waals surface area (Å²) in [6, 6.07) is 3.17. The molecule has 0 unspecified atom stereocenters. The molecule has 2 amide bonds. The van der Waals surface area contributed by atoms with Crippen LogP contribution in [0.3, 0.4) is 0 Å². The highest BCUT2D eigenvalue weighted by molar-refractivity contribution is 5.93. The van der Waals surface area contributed by atoms with Crippen molar-refractivity contribution in [3.05, 3.63) is 39.9 Å². The molecule has 1 saturated heterocycles. The van der Waals surface area contributed by atoms with Crippen LogP contribution in [0.25, 0.3) is 0 Å². The molecule has 11 heteroatoms. The monoisotopic (exact) mass is 407 g/mol. The number of esters is 2. The Morgan fingerprint density at radius 1 is 1.24 bits per heavy atom. The maximum atomic E-state index is 12.5. The first-order valence-electron chi connectivity index (χ1n) is 8.75. The van der Waals surface area contributed by atoms with E-state index in [1.165, 1.54) is 31.4 Å². The average molecular weight is 407 g/mol. The van der Waals surface area contributed by atoms with Gasteiger partial charge in [-0.25, -0.2) is 4.79 Å². The van der Waals surface area contributed by atoms with Crippen LogP contribution in [0.2, 0.25) is 0 Å². The predicted octanol–water partition coefficient (Wildman–Crippen LogP) is 0.178. The Kier molecular flexibility index (Phi) is 7.23. The Morgan fingerprint density at radius 2 is 1.90 bits per heavy atom. The zero-order valence-corrected chi connectivity index (χ0v) is 15.9. The highest BCUT2D eigenvalue weighted by Crippen LogP contribution is 2.27. The fourth-order valence-corrected chi connectivity index (χ4v) is 3.05. The zero-order chi connectivity index (χ0) is 21.6. The molecule has 1 aliphatic rings. The van der Waals surface area contributed by atoms with E-state index in [1.54, 1.807) is 0 Å². The van der Waals surface area contributed by atoms with Crippen LogP contribution in [0.5, 0.6) is 0 Å². The molecule has 0 saturated carbocycles. The highest BCUT2D eigenvalue weighted by atomic mass is 16.6. The summed E-state index contributed by atoms with van der Waals surface area (Å²) in [5, 5.41) is 15.9. The third-order valence-corrected chi connectivity index (χ3v) is 4.61. The van der Waals surface area contributed by atoms with Gasteiger partial charge in [-0.1, -0.05) is 12.1 Å². The molecular weight excluding hydrogens is 386 g/mol. The number of nitrogens with zero attached hydrogens (tertiary/aromatic N) is 1. The van der Waals surface area contributed by atoms with Crippen LogP contribution >= 0.6 is 0 Å². The first kappa shape index (κ1) is 21.8.